The Bertz CT molecular complexity index is 478. The smallest absolute Gasteiger partial charge is 0.124 e. The highest BCUT2D eigenvalue weighted by molar-refractivity contribution is 5.44. The standard InChI is InChI=1S/C18H31N3O2/c1-19(2)12-15-9-14(10-16(18(15)23)13-20(3)4)11-21-7-5-17(22)6-8-21/h9-10,17,22-23H,5-8,11-13H2,1-4H3. The van der Waals surface area contributed by atoms with Crippen molar-refractivity contribution in [2.45, 2.75) is 38.6 Å². The summed E-state index contributed by atoms with van der Waals surface area (Å²) in [4.78, 5) is 6.54. The molecule has 2 N–H and O–H groups in total. The van der Waals surface area contributed by atoms with Gasteiger partial charge in [-0.15, -0.1) is 0 Å². The zero-order valence-electron chi connectivity index (χ0n) is 14.9. The highest BCUT2D eigenvalue weighted by Gasteiger charge is 2.18. The molecule has 1 aliphatic heterocycles. The molecule has 0 amide bonds. The molecule has 5 nitrogen and oxygen atoms in total. The van der Waals surface area contributed by atoms with Gasteiger partial charge in [0.2, 0.25) is 0 Å². The second-order valence-electron chi connectivity index (χ2n) is 7.25. The van der Waals surface area contributed by atoms with Gasteiger partial charge in [0.25, 0.3) is 0 Å². The van der Waals surface area contributed by atoms with Crippen molar-refractivity contribution >= 4 is 0 Å². The van der Waals surface area contributed by atoms with Gasteiger partial charge >= 0.3 is 0 Å². The maximum Gasteiger partial charge on any atom is 0.124 e. The molecule has 0 aliphatic carbocycles. The predicted octanol–water partition coefficient (Wildman–Crippen LogP) is 1.47. The number of hydrogen-bond acceptors (Lipinski definition) is 5. The molecule has 0 radical (unpaired) electrons. The Hall–Kier alpha value is -1.14. The summed E-state index contributed by atoms with van der Waals surface area (Å²) < 4.78 is 0. The van der Waals surface area contributed by atoms with Gasteiger partial charge in [0.1, 0.15) is 5.75 Å². The molecule has 1 fully saturated rings. The number of rotatable bonds is 6. The molecule has 1 aliphatic rings. The van der Waals surface area contributed by atoms with Crippen LogP contribution in [0, 0.1) is 0 Å². The van der Waals surface area contributed by atoms with Crippen LogP contribution < -0.4 is 0 Å². The van der Waals surface area contributed by atoms with Crippen LogP contribution >= 0.6 is 0 Å². The Labute approximate surface area is 140 Å². The molecule has 23 heavy (non-hydrogen) atoms. The minimum absolute atomic E-state index is 0.139. The number of aliphatic hydroxyl groups is 1. The fraction of sp³-hybridized carbons (Fsp3) is 0.667. The van der Waals surface area contributed by atoms with Gasteiger partial charge in [-0.25, -0.2) is 0 Å². The van der Waals surface area contributed by atoms with Gasteiger partial charge in [-0.2, -0.15) is 0 Å². The predicted molar refractivity (Wildman–Crippen MR) is 93.4 cm³/mol. The first-order valence-corrected chi connectivity index (χ1v) is 8.38. The van der Waals surface area contributed by atoms with Crippen molar-refractivity contribution in [2.75, 3.05) is 41.3 Å². The first-order chi connectivity index (χ1) is 10.8. The fourth-order valence-electron chi connectivity index (χ4n) is 3.18. The third-order valence-corrected chi connectivity index (χ3v) is 4.26. The van der Waals surface area contributed by atoms with Crippen molar-refractivity contribution < 1.29 is 10.2 Å². The topological polar surface area (TPSA) is 50.2 Å². The normalized spacial score (nSPS) is 17.3. The number of aromatic hydroxyl groups is 1. The van der Waals surface area contributed by atoms with Crippen molar-refractivity contribution in [2.24, 2.45) is 0 Å². The van der Waals surface area contributed by atoms with Gasteiger partial charge in [-0.05, 0) is 58.7 Å². The van der Waals surface area contributed by atoms with Crippen molar-refractivity contribution in [1.29, 1.82) is 0 Å². The van der Waals surface area contributed by atoms with Crippen LogP contribution in [0.25, 0.3) is 0 Å². The molecule has 0 atom stereocenters. The van der Waals surface area contributed by atoms with Crippen molar-refractivity contribution in [3.8, 4) is 5.75 Å². The molecule has 1 aromatic carbocycles. The number of phenolic OH excluding ortho intramolecular Hbond substituents is 1. The van der Waals surface area contributed by atoms with Crippen LogP contribution in [0.2, 0.25) is 0 Å². The van der Waals surface area contributed by atoms with E-state index in [9.17, 15) is 10.2 Å². The average molecular weight is 321 g/mol. The van der Waals surface area contributed by atoms with Crippen molar-refractivity contribution in [1.82, 2.24) is 14.7 Å². The second-order valence-corrected chi connectivity index (χ2v) is 7.25. The number of likely N-dealkylation sites (tertiary alicyclic amines) is 1. The molecule has 0 saturated carbocycles. The van der Waals surface area contributed by atoms with E-state index in [0.29, 0.717) is 5.75 Å². The summed E-state index contributed by atoms with van der Waals surface area (Å²) in [6.45, 7) is 4.23. The third-order valence-electron chi connectivity index (χ3n) is 4.26. The Kier molecular flexibility index (Phi) is 6.41. The van der Waals surface area contributed by atoms with E-state index in [4.69, 9.17) is 0 Å². The number of phenols is 1. The first kappa shape index (κ1) is 18.2. The molecule has 130 valence electrons. The van der Waals surface area contributed by atoms with Crippen LogP contribution in [-0.4, -0.2) is 72.3 Å². The quantitative estimate of drug-likeness (QED) is 0.831. The molecule has 5 heteroatoms. The average Bonchev–Trinajstić information content (AvgIpc) is 2.45. The number of benzene rings is 1. The third kappa shape index (κ3) is 5.46. The largest absolute Gasteiger partial charge is 0.507 e. The zero-order valence-corrected chi connectivity index (χ0v) is 14.9. The lowest BCUT2D eigenvalue weighted by atomic mass is 10.0. The Balaban J connectivity index is 2.20. The van der Waals surface area contributed by atoms with Crippen LogP contribution in [0.5, 0.6) is 5.75 Å². The molecular formula is C18H31N3O2. The Morgan fingerprint density at radius 2 is 1.48 bits per heavy atom. The summed E-state index contributed by atoms with van der Waals surface area (Å²) in [7, 11) is 8.07. The van der Waals surface area contributed by atoms with Crippen LogP contribution in [-0.2, 0) is 19.6 Å². The highest BCUT2D eigenvalue weighted by atomic mass is 16.3. The molecule has 2 rings (SSSR count). The lowest BCUT2D eigenvalue weighted by Gasteiger charge is -2.30. The minimum Gasteiger partial charge on any atom is -0.507 e. The van der Waals surface area contributed by atoms with Crippen molar-refractivity contribution in [3.63, 3.8) is 0 Å². The molecule has 0 spiro atoms. The lowest BCUT2D eigenvalue weighted by Crippen LogP contribution is -2.35. The summed E-state index contributed by atoms with van der Waals surface area (Å²) in [6.07, 6.45) is 1.57. The van der Waals surface area contributed by atoms with Crippen LogP contribution in [0.1, 0.15) is 29.5 Å². The summed E-state index contributed by atoms with van der Waals surface area (Å²) in [6, 6.07) is 4.25. The summed E-state index contributed by atoms with van der Waals surface area (Å²) in [5, 5.41) is 20.2. The number of piperidine rings is 1. The van der Waals surface area contributed by atoms with Crippen molar-refractivity contribution in [3.05, 3.63) is 28.8 Å². The van der Waals surface area contributed by atoms with Gasteiger partial charge in [-0.3, -0.25) is 4.90 Å². The van der Waals surface area contributed by atoms with E-state index in [-0.39, 0.29) is 6.10 Å². The number of hydrogen-bond donors (Lipinski definition) is 2. The van der Waals surface area contributed by atoms with Crippen LogP contribution in [0.4, 0.5) is 0 Å². The van der Waals surface area contributed by atoms with E-state index in [1.165, 1.54) is 5.56 Å². The Morgan fingerprint density at radius 1 is 1.00 bits per heavy atom. The molecule has 1 saturated heterocycles. The van der Waals surface area contributed by atoms with Crippen LogP contribution in [0.3, 0.4) is 0 Å². The van der Waals surface area contributed by atoms with E-state index < -0.39 is 0 Å². The molecule has 0 bridgehead atoms. The van der Waals surface area contributed by atoms with Gasteiger partial charge < -0.3 is 20.0 Å². The highest BCUT2D eigenvalue weighted by Crippen LogP contribution is 2.28. The van der Waals surface area contributed by atoms with E-state index >= 15 is 0 Å². The first-order valence-electron chi connectivity index (χ1n) is 8.38. The van der Waals surface area contributed by atoms with E-state index in [2.05, 4.69) is 26.8 Å². The second kappa shape index (κ2) is 8.11. The summed E-state index contributed by atoms with van der Waals surface area (Å²) in [5.74, 6) is 0.421. The van der Waals surface area contributed by atoms with E-state index in [1.807, 2.05) is 28.2 Å². The maximum absolute atomic E-state index is 10.6. The molecule has 1 aromatic rings. The zero-order chi connectivity index (χ0) is 17.0. The van der Waals surface area contributed by atoms with E-state index in [1.54, 1.807) is 0 Å². The van der Waals surface area contributed by atoms with Gasteiger partial charge in [0.05, 0.1) is 6.10 Å². The Morgan fingerprint density at radius 3 is 1.91 bits per heavy atom. The van der Waals surface area contributed by atoms with Gasteiger partial charge in [-0.1, -0.05) is 0 Å². The molecule has 0 unspecified atom stereocenters. The van der Waals surface area contributed by atoms with Gasteiger partial charge in [0.15, 0.2) is 0 Å². The van der Waals surface area contributed by atoms with Crippen LogP contribution in [0.15, 0.2) is 12.1 Å². The lowest BCUT2D eigenvalue weighted by molar-refractivity contribution is 0.0792. The minimum atomic E-state index is -0.139. The molecular weight excluding hydrogens is 290 g/mol. The van der Waals surface area contributed by atoms with Gasteiger partial charge in [0, 0.05) is 43.9 Å². The SMILES string of the molecule is CN(C)Cc1cc(CN2CCC(O)CC2)cc(CN(C)C)c1O. The summed E-state index contributed by atoms with van der Waals surface area (Å²) >= 11 is 0. The fourth-order valence-corrected chi connectivity index (χ4v) is 3.18. The molecule has 1 heterocycles. The number of aliphatic hydroxyl groups excluding tert-OH is 1. The number of nitrogens with zero attached hydrogens (tertiary/aromatic N) is 3. The van der Waals surface area contributed by atoms with E-state index in [0.717, 1.165) is 56.7 Å². The summed E-state index contributed by atoms with van der Waals surface area (Å²) in [5.41, 5.74) is 3.22. The monoisotopic (exact) mass is 321 g/mol. The maximum atomic E-state index is 10.6. The molecule has 0 aromatic heterocycles.